The van der Waals surface area contributed by atoms with E-state index in [2.05, 4.69) is 15.4 Å². The van der Waals surface area contributed by atoms with E-state index < -0.39 is 0 Å². The molecule has 0 aliphatic carbocycles. The zero-order chi connectivity index (χ0) is 13.5. The predicted molar refractivity (Wildman–Crippen MR) is 71.9 cm³/mol. The molecule has 0 spiro atoms. The van der Waals surface area contributed by atoms with Crippen LogP contribution in [0.15, 0.2) is 36.7 Å². The minimum absolute atomic E-state index is 0.389. The molecule has 0 saturated carbocycles. The number of benzene rings is 1. The van der Waals surface area contributed by atoms with Crippen molar-refractivity contribution in [2.75, 3.05) is 19.1 Å². The van der Waals surface area contributed by atoms with Crippen LogP contribution in [-0.2, 0) is 11.2 Å². The van der Waals surface area contributed by atoms with Crippen LogP contribution in [0, 0.1) is 0 Å². The Bertz CT molecular complexity index is 516. The van der Waals surface area contributed by atoms with E-state index >= 15 is 0 Å². The zero-order valence-corrected chi connectivity index (χ0v) is 10.7. The highest BCUT2D eigenvalue weighted by Crippen LogP contribution is 2.20. The van der Waals surface area contributed by atoms with Gasteiger partial charge in [0.1, 0.15) is 5.75 Å². The van der Waals surface area contributed by atoms with Crippen molar-refractivity contribution in [1.29, 1.82) is 0 Å². The van der Waals surface area contributed by atoms with Crippen LogP contribution in [0.3, 0.4) is 0 Å². The molecule has 6 nitrogen and oxygen atoms in total. The fourth-order valence-electron chi connectivity index (χ4n) is 1.53. The van der Waals surface area contributed by atoms with Crippen LogP contribution in [-0.4, -0.2) is 23.7 Å². The molecule has 1 aromatic carbocycles. The first-order valence-corrected chi connectivity index (χ1v) is 5.86. The lowest BCUT2D eigenvalue weighted by molar-refractivity contribution is 0.202. The highest BCUT2D eigenvalue weighted by atomic mass is 16.5. The van der Waals surface area contributed by atoms with Crippen LogP contribution in [0.2, 0.25) is 0 Å². The van der Waals surface area contributed by atoms with Gasteiger partial charge >= 0.3 is 0 Å². The van der Waals surface area contributed by atoms with E-state index in [1.54, 1.807) is 7.11 Å². The van der Waals surface area contributed by atoms with Crippen molar-refractivity contribution in [3.05, 3.63) is 42.2 Å². The molecule has 0 amide bonds. The topological polar surface area (TPSA) is 82.3 Å². The van der Waals surface area contributed by atoms with Gasteiger partial charge in [-0.2, -0.15) is 4.98 Å². The second kappa shape index (κ2) is 6.67. The fourth-order valence-corrected chi connectivity index (χ4v) is 1.53. The Morgan fingerprint density at radius 1 is 1.21 bits per heavy atom. The average Bonchev–Trinajstić information content (AvgIpc) is 2.47. The second-order valence-corrected chi connectivity index (χ2v) is 3.88. The predicted octanol–water partition coefficient (Wildman–Crippen LogP) is 1.74. The molecule has 1 aromatic heterocycles. The van der Waals surface area contributed by atoms with Crippen LogP contribution >= 0.6 is 0 Å². The van der Waals surface area contributed by atoms with E-state index in [1.165, 1.54) is 18.0 Å². The number of aromatic nitrogens is 2. The Morgan fingerprint density at radius 2 is 2.00 bits per heavy atom. The Kier molecular flexibility index (Phi) is 4.66. The smallest absolute Gasteiger partial charge is 0.239 e. The van der Waals surface area contributed by atoms with Crippen molar-refractivity contribution in [2.24, 2.45) is 5.84 Å². The van der Waals surface area contributed by atoms with Gasteiger partial charge in [0.25, 0.3) is 0 Å². The van der Waals surface area contributed by atoms with Crippen LogP contribution in [0.5, 0.6) is 11.6 Å². The molecule has 1 heterocycles. The first kappa shape index (κ1) is 13.3. The van der Waals surface area contributed by atoms with Gasteiger partial charge in [0, 0.05) is 7.11 Å². The molecule has 6 heteroatoms. The minimum Gasteiger partial charge on any atom is -0.437 e. The van der Waals surface area contributed by atoms with Gasteiger partial charge in [-0.05, 0) is 24.1 Å². The van der Waals surface area contributed by atoms with Gasteiger partial charge in [-0.3, -0.25) is 4.98 Å². The molecule has 0 aliphatic rings. The van der Waals surface area contributed by atoms with Crippen molar-refractivity contribution in [1.82, 2.24) is 9.97 Å². The molecule has 0 aliphatic heterocycles. The summed E-state index contributed by atoms with van der Waals surface area (Å²) in [6.07, 6.45) is 3.92. The van der Waals surface area contributed by atoms with Crippen LogP contribution in [0.4, 0.5) is 5.82 Å². The monoisotopic (exact) mass is 260 g/mol. The van der Waals surface area contributed by atoms with Gasteiger partial charge in [0.05, 0.1) is 19.0 Å². The number of nitrogens with one attached hydrogen (secondary N) is 1. The molecular formula is C13H16N4O2. The summed E-state index contributed by atoms with van der Waals surface area (Å²) >= 11 is 0. The number of hydrogen-bond acceptors (Lipinski definition) is 6. The molecule has 0 fully saturated rings. The number of anilines is 1. The lowest BCUT2D eigenvalue weighted by Gasteiger charge is -2.06. The Balaban J connectivity index is 2.02. The summed E-state index contributed by atoms with van der Waals surface area (Å²) in [7, 11) is 1.69. The standard InChI is InChI=1S/C13H16N4O2/c1-18-7-6-10-2-4-11(5-3-10)19-13-9-15-8-12(16-13)17-14/h2-5,8-9H,6-7,14H2,1H3,(H,16,17). The maximum absolute atomic E-state index is 5.58. The number of ether oxygens (including phenoxy) is 2. The minimum atomic E-state index is 0.389. The summed E-state index contributed by atoms with van der Waals surface area (Å²) in [6.45, 7) is 0.704. The van der Waals surface area contributed by atoms with E-state index in [1.807, 2.05) is 24.3 Å². The van der Waals surface area contributed by atoms with Crippen molar-refractivity contribution in [3.63, 3.8) is 0 Å². The molecule has 2 rings (SSSR count). The molecule has 0 atom stereocenters. The number of hydrazine groups is 1. The van der Waals surface area contributed by atoms with Gasteiger partial charge in [-0.1, -0.05) is 12.1 Å². The normalized spacial score (nSPS) is 10.2. The maximum Gasteiger partial charge on any atom is 0.239 e. The summed E-state index contributed by atoms with van der Waals surface area (Å²) in [4.78, 5) is 8.08. The summed E-state index contributed by atoms with van der Waals surface area (Å²) in [5.41, 5.74) is 3.61. The van der Waals surface area contributed by atoms with Gasteiger partial charge in [-0.15, -0.1) is 0 Å². The zero-order valence-electron chi connectivity index (χ0n) is 10.7. The van der Waals surface area contributed by atoms with Crippen molar-refractivity contribution in [3.8, 4) is 11.6 Å². The fraction of sp³-hybridized carbons (Fsp3) is 0.231. The van der Waals surface area contributed by atoms with E-state index in [0.717, 1.165) is 6.42 Å². The van der Waals surface area contributed by atoms with Gasteiger partial charge < -0.3 is 14.9 Å². The van der Waals surface area contributed by atoms with Crippen LogP contribution < -0.4 is 16.0 Å². The molecule has 2 aromatic rings. The highest BCUT2D eigenvalue weighted by molar-refractivity contribution is 5.34. The van der Waals surface area contributed by atoms with E-state index in [9.17, 15) is 0 Å². The average molecular weight is 260 g/mol. The molecular weight excluding hydrogens is 244 g/mol. The Morgan fingerprint density at radius 3 is 2.68 bits per heavy atom. The van der Waals surface area contributed by atoms with Crippen molar-refractivity contribution in [2.45, 2.75) is 6.42 Å². The summed E-state index contributed by atoms with van der Waals surface area (Å²) in [5, 5.41) is 0. The summed E-state index contributed by atoms with van der Waals surface area (Å²) < 4.78 is 10.6. The number of nitrogens with two attached hydrogens (primary N) is 1. The second-order valence-electron chi connectivity index (χ2n) is 3.88. The number of nitrogen functional groups attached to an aromatic ring is 1. The first-order valence-electron chi connectivity index (χ1n) is 5.86. The van der Waals surface area contributed by atoms with Crippen LogP contribution in [0.1, 0.15) is 5.56 Å². The third kappa shape index (κ3) is 3.90. The third-order valence-corrected chi connectivity index (χ3v) is 2.50. The molecule has 19 heavy (non-hydrogen) atoms. The highest BCUT2D eigenvalue weighted by Gasteiger charge is 2.01. The van der Waals surface area contributed by atoms with Crippen LogP contribution in [0.25, 0.3) is 0 Å². The number of hydrogen-bond donors (Lipinski definition) is 2. The molecule has 3 N–H and O–H groups in total. The van der Waals surface area contributed by atoms with Crippen molar-refractivity contribution >= 4 is 5.82 Å². The van der Waals surface area contributed by atoms with Gasteiger partial charge in [0.2, 0.25) is 5.88 Å². The summed E-state index contributed by atoms with van der Waals surface area (Å²) in [6, 6.07) is 7.75. The maximum atomic E-state index is 5.58. The van der Waals surface area contributed by atoms with Gasteiger partial charge in [0.15, 0.2) is 5.82 Å². The molecule has 0 unspecified atom stereocenters. The molecule has 0 saturated heterocycles. The molecule has 0 bridgehead atoms. The van der Waals surface area contributed by atoms with E-state index in [4.69, 9.17) is 15.3 Å². The number of rotatable bonds is 6. The van der Waals surface area contributed by atoms with E-state index in [0.29, 0.717) is 24.1 Å². The van der Waals surface area contributed by atoms with Crippen molar-refractivity contribution < 1.29 is 9.47 Å². The molecule has 100 valence electrons. The Hall–Kier alpha value is -2.18. The molecule has 0 radical (unpaired) electrons. The summed E-state index contributed by atoms with van der Waals surface area (Å²) in [5.74, 6) is 6.80. The quantitative estimate of drug-likeness (QED) is 0.608. The SMILES string of the molecule is COCCc1ccc(Oc2cncc(NN)n2)cc1. The van der Waals surface area contributed by atoms with Gasteiger partial charge in [-0.25, -0.2) is 5.84 Å². The third-order valence-electron chi connectivity index (χ3n) is 2.50. The first-order chi connectivity index (χ1) is 9.31. The number of methoxy groups -OCH3 is 1. The lowest BCUT2D eigenvalue weighted by Crippen LogP contribution is -2.08. The van der Waals surface area contributed by atoms with E-state index in [-0.39, 0.29) is 0 Å². The Labute approximate surface area is 111 Å². The number of nitrogens with zero attached hydrogens (tertiary/aromatic N) is 2. The largest absolute Gasteiger partial charge is 0.437 e. The lowest BCUT2D eigenvalue weighted by atomic mass is 10.1.